The summed E-state index contributed by atoms with van der Waals surface area (Å²) in [4.78, 5) is 0. The first-order valence-electron chi connectivity index (χ1n) is 13.6. The van der Waals surface area contributed by atoms with E-state index in [-0.39, 0.29) is 0 Å². The van der Waals surface area contributed by atoms with Crippen LogP contribution < -0.4 is 0 Å². The molecule has 0 N–H and O–H groups in total. The first-order chi connectivity index (χ1) is 20.7. The van der Waals surface area contributed by atoms with Gasteiger partial charge in [0, 0.05) is 47.6 Å². The van der Waals surface area contributed by atoms with E-state index >= 15 is 0 Å². The second-order valence-corrected chi connectivity index (χ2v) is 11.4. The summed E-state index contributed by atoms with van der Waals surface area (Å²) in [5.74, 6) is 0. The number of para-hydroxylation sites is 2. The molecule has 0 aliphatic heterocycles. The summed E-state index contributed by atoms with van der Waals surface area (Å²) in [6.07, 6.45) is 0. The van der Waals surface area contributed by atoms with Gasteiger partial charge in [0.15, 0.2) is 0 Å². The molecule has 0 aliphatic rings. The van der Waals surface area contributed by atoms with E-state index in [9.17, 15) is 10.5 Å². The Morgan fingerprint density at radius 3 is 2.07 bits per heavy atom. The fourth-order valence-electron chi connectivity index (χ4n) is 6.08. The molecule has 0 saturated carbocycles. The summed E-state index contributed by atoms with van der Waals surface area (Å²) < 4.78 is 8.82. The zero-order valence-corrected chi connectivity index (χ0v) is 23.1. The van der Waals surface area contributed by atoms with Crippen LogP contribution in [0.15, 0.2) is 126 Å². The third kappa shape index (κ3) is 3.64. The van der Waals surface area contributed by atoms with Crippen LogP contribution in [0.4, 0.5) is 0 Å². The Hall–Kier alpha value is -5.68. The van der Waals surface area contributed by atoms with Gasteiger partial charge in [-0.15, -0.1) is 11.3 Å². The van der Waals surface area contributed by atoms with Gasteiger partial charge in [-0.3, -0.25) is 0 Å². The van der Waals surface area contributed by atoms with Crippen molar-refractivity contribution in [2.75, 3.05) is 0 Å². The number of nitrogens with zero attached hydrogens (tertiary/aromatic N) is 2. The number of hydrogen-bond donors (Lipinski definition) is 0. The van der Waals surface area contributed by atoms with Crippen LogP contribution in [0.1, 0.15) is 11.1 Å². The van der Waals surface area contributed by atoms with Crippen molar-refractivity contribution in [3.8, 4) is 45.5 Å². The Bertz CT molecular complexity index is 2450. The highest BCUT2D eigenvalue weighted by atomic mass is 32.1. The van der Waals surface area contributed by atoms with Crippen molar-refractivity contribution in [3.05, 3.63) is 132 Å². The standard InChI is InChI=1S/C38H20N2OS/c39-21-23-8-5-9-24(18-23)25-19-31(27-12-7-17-36-37(27)30-11-2-4-16-35(30)42-36)33(22-40)32(20-25)29-14-6-13-28-26-10-1-3-15-34(26)41-38(28)29/h1-20H. The Morgan fingerprint density at radius 2 is 1.21 bits per heavy atom. The highest BCUT2D eigenvalue weighted by molar-refractivity contribution is 7.25. The van der Waals surface area contributed by atoms with Gasteiger partial charge in [0.2, 0.25) is 0 Å². The Kier molecular flexibility index (Phi) is 5.44. The predicted octanol–water partition coefficient (Wildman–Crippen LogP) is 10.7. The quantitative estimate of drug-likeness (QED) is 0.219. The molecular formula is C38H20N2OS. The Balaban J connectivity index is 1.51. The van der Waals surface area contributed by atoms with E-state index in [4.69, 9.17) is 4.42 Å². The molecule has 0 bridgehead atoms. The lowest BCUT2D eigenvalue weighted by atomic mass is 9.86. The van der Waals surface area contributed by atoms with Gasteiger partial charge in [-0.2, -0.15) is 10.5 Å². The van der Waals surface area contributed by atoms with Crippen LogP contribution in [-0.4, -0.2) is 0 Å². The van der Waals surface area contributed by atoms with Crippen molar-refractivity contribution < 1.29 is 4.42 Å². The van der Waals surface area contributed by atoms with Gasteiger partial charge in [-0.05, 0) is 59.2 Å². The van der Waals surface area contributed by atoms with Gasteiger partial charge in [0.1, 0.15) is 17.2 Å². The topological polar surface area (TPSA) is 60.7 Å². The summed E-state index contributed by atoms with van der Waals surface area (Å²) in [5, 5.41) is 24.8. The van der Waals surface area contributed by atoms with E-state index in [0.29, 0.717) is 11.1 Å². The molecule has 0 unspecified atom stereocenters. The molecule has 8 aromatic rings. The molecule has 0 amide bonds. The summed E-state index contributed by atoms with van der Waals surface area (Å²) >= 11 is 1.76. The number of furan rings is 1. The van der Waals surface area contributed by atoms with Gasteiger partial charge in [0.25, 0.3) is 0 Å². The number of rotatable bonds is 3. The zero-order chi connectivity index (χ0) is 28.2. The summed E-state index contributed by atoms with van der Waals surface area (Å²) in [7, 11) is 0. The Labute approximate surface area is 245 Å². The summed E-state index contributed by atoms with van der Waals surface area (Å²) in [6.45, 7) is 0. The van der Waals surface area contributed by atoms with Crippen LogP contribution in [-0.2, 0) is 0 Å². The van der Waals surface area contributed by atoms with Gasteiger partial charge >= 0.3 is 0 Å². The second kappa shape index (κ2) is 9.46. The fraction of sp³-hybridized carbons (Fsp3) is 0. The van der Waals surface area contributed by atoms with E-state index in [1.165, 1.54) is 14.8 Å². The van der Waals surface area contributed by atoms with Crippen molar-refractivity contribution >= 4 is 53.4 Å². The molecule has 194 valence electrons. The number of thiophene rings is 1. The molecule has 0 radical (unpaired) electrons. The number of benzene rings is 6. The maximum Gasteiger partial charge on any atom is 0.143 e. The number of nitriles is 2. The lowest BCUT2D eigenvalue weighted by Gasteiger charge is -2.15. The minimum absolute atomic E-state index is 0.588. The average molecular weight is 553 g/mol. The molecule has 42 heavy (non-hydrogen) atoms. The molecule has 0 atom stereocenters. The van der Waals surface area contributed by atoms with Gasteiger partial charge in [0.05, 0.1) is 17.2 Å². The fourth-order valence-corrected chi connectivity index (χ4v) is 7.21. The maximum atomic E-state index is 10.8. The Morgan fingerprint density at radius 1 is 0.524 bits per heavy atom. The van der Waals surface area contributed by atoms with Crippen LogP contribution >= 0.6 is 11.3 Å². The monoisotopic (exact) mass is 552 g/mol. The molecule has 0 spiro atoms. The van der Waals surface area contributed by atoms with E-state index in [0.717, 1.165) is 60.7 Å². The van der Waals surface area contributed by atoms with Crippen molar-refractivity contribution in [2.45, 2.75) is 0 Å². The van der Waals surface area contributed by atoms with Gasteiger partial charge < -0.3 is 4.42 Å². The third-order valence-electron chi connectivity index (χ3n) is 7.96. The van der Waals surface area contributed by atoms with Gasteiger partial charge in [-0.1, -0.05) is 78.9 Å². The second-order valence-electron chi connectivity index (χ2n) is 10.3. The SMILES string of the molecule is N#Cc1cccc(-c2cc(-c3cccc4c3oc3ccccc34)c(C#N)c(-c3cccc4sc5ccccc5c34)c2)c1. The molecule has 0 aliphatic carbocycles. The first-order valence-corrected chi connectivity index (χ1v) is 14.4. The van der Waals surface area contributed by atoms with Crippen LogP contribution in [0.2, 0.25) is 0 Å². The van der Waals surface area contributed by atoms with Crippen molar-refractivity contribution in [1.82, 2.24) is 0 Å². The minimum atomic E-state index is 0.588. The van der Waals surface area contributed by atoms with Crippen molar-refractivity contribution in [1.29, 1.82) is 10.5 Å². The van der Waals surface area contributed by atoms with Crippen LogP contribution in [0.25, 0.3) is 75.5 Å². The van der Waals surface area contributed by atoms with Crippen LogP contribution in [0.3, 0.4) is 0 Å². The molecule has 2 aromatic heterocycles. The lowest BCUT2D eigenvalue weighted by molar-refractivity contribution is 0.670. The lowest BCUT2D eigenvalue weighted by Crippen LogP contribution is -1.94. The van der Waals surface area contributed by atoms with E-state index in [2.05, 4.69) is 78.9 Å². The normalized spacial score (nSPS) is 11.3. The molecule has 0 saturated heterocycles. The van der Waals surface area contributed by atoms with Crippen molar-refractivity contribution in [2.24, 2.45) is 0 Å². The molecule has 2 heterocycles. The highest BCUT2D eigenvalue weighted by Crippen LogP contribution is 2.45. The van der Waals surface area contributed by atoms with Crippen LogP contribution in [0.5, 0.6) is 0 Å². The maximum absolute atomic E-state index is 10.8. The van der Waals surface area contributed by atoms with E-state index in [1.807, 2.05) is 54.6 Å². The zero-order valence-electron chi connectivity index (χ0n) is 22.3. The largest absolute Gasteiger partial charge is 0.455 e. The van der Waals surface area contributed by atoms with Crippen molar-refractivity contribution in [3.63, 3.8) is 0 Å². The summed E-state index contributed by atoms with van der Waals surface area (Å²) in [6, 6.07) is 45.5. The number of hydrogen-bond acceptors (Lipinski definition) is 4. The molecular weight excluding hydrogens is 532 g/mol. The third-order valence-corrected chi connectivity index (χ3v) is 9.10. The predicted molar refractivity (Wildman–Crippen MR) is 172 cm³/mol. The smallest absolute Gasteiger partial charge is 0.143 e. The summed E-state index contributed by atoms with van der Waals surface area (Å²) in [5.41, 5.74) is 8.12. The molecule has 4 heteroatoms. The van der Waals surface area contributed by atoms with E-state index < -0.39 is 0 Å². The minimum Gasteiger partial charge on any atom is -0.455 e. The first kappa shape index (κ1) is 24.1. The molecule has 8 rings (SSSR count). The molecule has 6 aromatic carbocycles. The van der Waals surface area contributed by atoms with Crippen LogP contribution in [0, 0.1) is 22.7 Å². The van der Waals surface area contributed by atoms with Gasteiger partial charge in [-0.25, -0.2) is 0 Å². The number of fused-ring (bicyclic) bond motifs is 6. The molecule has 0 fully saturated rings. The molecule has 3 nitrogen and oxygen atoms in total. The van der Waals surface area contributed by atoms with E-state index in [1.54, 1.807) is 11.3 Å². The average Bonchev–Trinajstić information content (AvgIpc) is 3.63. The highest BCUT2D eigenvalue weighted by Gasteiger charge is 2.21.